The summed E-state index contributed by atoms with van der Waals surface area (Å²) in [6, 6.07) is 2.40. The van der Waals surface area contributed by atoms with Crippen molar-refractivity contribution in [3.8, 4) is 0 Å². The second-order valence-electron chi connectivity index (χ2n) is 2.54. The molecule has 0 heterocycles. The smallest absolute Gasteiger partial charge is 0.398 e. The molecule has 1 aromatic carbocycles. The van der Waals surface area contributed by atoms with Crippen LogP contribution in [0.1, 0.15) is 15.9 Å². The first kappa shape index (κ1) is 11.0. The van der Waals surface area contributed by atoms with Gasteiger partial charge in [0.1, 0.15) is 0 Å². The summed E-state index contributed by atoms with van der Waals surface area (Å²) in [5, 5.41) is 0. The van der Waals surface area contributed by atoms with Crippen LogP contribution in [-0.2, 0) is 6.18 Å². The molecule has 0 aliphatic carbocycles. The van der Waals surface area contributed by atoms with Crippen LogP contribution in [0, 0.1) is 0 Å². The summed E-state index contributed by atoms with van der Waals surface area (Å²) in [6.07, 6.45) is -4.49. The highest BCUT2D eigenvalue weighted by Gasteiger charge is 2.36. The maximum atomic E-state index is 12.4. The maximum Gasteiger partial charge on any atom is 0.418 e. The van der Waals surface area contributed by atoms with Crippen molar-refractivity contribution in [2.45, 2.75) is 6.18 Å². The third-order valence-corrected chi connectivity index (χ3v) is 2.29. The third kappa shape index (κ3) is 1.89. The van der Waals surface area contributed by atoms with E-state index in [4.69, 9.17) is 5.73 Å². The number of hydrogen-bond acceptors (Lipinski definition) is 2. The lowest BCUT2D eigenvalue weighted by Gasteiger charge is -2.12. The van der Waals surface area contributed by atoms with Gasteiger partial charge in [0.25, 0.3) is 0 Å². The van der Waals surface area contributed by atoms with Crippen LogP contribution in [0.5, 0.6) is 0 Å². The standard InChI is InChI=1S/C8H5BrF3NO/c9-5-1-2-6(13)4(3-14)7(5)8(10,11)12/h1-3H,13H2. The fourth-order valence-electron chi connectivity index (χ4n) is 1.02. The molecule has 0 bridgehead atoms. The summed E-state index contributed by atoms with van der Waals surface area (Å²) < 4.78 is 37.1. The summed E-state index contributed by atoms with van der Waals surface area (Å²) in [4.78, 5) is 10.4. The van der Waals surface area contributed by atoms with Crippen molar-refractivity contribution in [2.24, 2.45) is 0 Å². The van der Waals surface area contributed by atoms with Crippen LogP contribution >= 0.6 is 15.9 Å². The van der Waals surface area contributed by atoms with E-state index >= 15 is 0 Å². The monoisotopic (exact) mass is 267 g/mol. The van der Waals surface area contributed by atoms with E-state index in [-0.39, 0.29) is 16.4 Å². The number of carbonyl (C=O) groups excluding carboxylic acids is 1. The molecule has 14 heavy (non-hydrogen) atoms. The number of anilines is 1. The van der Waals surface area contributed by atoms with Gasteiger partial charge in [0.15, 0.2) is 6.29 Å². The summed E-state index contributed by atoms with van der Waals surface area (Å²) in [7, 11) is 0. The Kier molecular flexibility index (Phi) is 2.84. The van der Waals surface area contributed by atoms with E-state index in [9.17, 15) is 18.0 Å². The van der Waals surface area contributed by atoms with Gasteiger partial charge in [-0.15, -0.1) is 0 Å². The molecule has 0 fully saturated rings. The minimum absolute atomic E-state index is 0.100. The van der Waals surface area contributed by atoms with Gasteiger partial charge in [-0.25, -0.2) is 0 Å². The molecule has 0 amide bonds. The Morgan fingerprint density at radius 1 is 1.36 bits per heavy atom. The number of hydrogen-bond donors (Lipinski definition) is 1. The van der Waals surface area contributed by atoms with Crippen molar-refractivity contribution in [3.05, 3.63) is 27.7 Å². The van der Waals surface area contributed by atoms with Crippen molar-refractivity contribution in [3.63, 3.8) is 0 Å². The number of aldehydes is 1. The van der Waals surface area contributed by atoms with Crippen LogP contribution in [0.2, 0.25) is 0 Å². The molecule has 6 heteroatoms. The molecule has 0 spiro atoms. The first-order chi connectivity index (χ1) is 6.38. The molecule has 0 aromatic heterocycles. The quantitative estimate of drug-likeness (QED) is 0.628. The predicted molar refractivity (Wildman–Crippen MR) is 48.9 cm³/mol. The highest BCUT2D eigenvalue weighted by Crippen LogP contribution is 2.38. The highest BCUT2D eigenvalue weighted by molar-refractivity contribution is 9.10. The van der Waals surface area contributed by atoms with Gasteiger partial charge < -0.3 is 5.73 Å². The molecule has 1 rings (SSSR count). The lowest BCUT2D eigenvalue weighted by molar-refractivity contribution is -0.138. The van der Waals surface area contributed by atoms with Crippen LogP contribution in [0.4, 0.5) is 18.9 Å². The zero-order valence-corrected chi connectivity index (χ0v) is 8.32. The lowest BCUT2D eigenvalue weighted by Crippen LogP contribution is -2.11. The lowest BCUT2D eigenvalue weighted by atomic mass is 10.1. The van der Waals surface area contributed by atoms with Gasteiger partial charge in [-0.05, 0) is 12.1 Å². The average Bonchev–Trinajstić information content (AvgIpc) is 2.06. The Labute approximate surface area is 86.0 Å². The van der Waals surface area contributed by atoms with Crippen LogP contribution in [0.25, 0.3) is 0 Å². The molecule has 0 unspecified atom stereocenters. The molecule has 0 radical (unpaired) electrons. The molecule has 1 aromatic rings. The molecule has 0 saturated carbocycles. The molecule has 0 aliphatic heterocycles. The van der Waals surface area contributed by atoms with Gasteiger partial charge in [0.05, 0.1) is 11.1 Å². The van der Waals surface area contributed by atoms with E-state index in [0.29, 0.717) is 0 Å². The van der Waals surface area contributed by atoms with Crippen molar-refractivity contribution < 1.29 is 18.0 Å². The fourth-order valence-corrected chi connectivity index (χ4v) is 1.59. The molecule has 0 saturated heterocycles. The largest absolute Gasteiger partial charge is 0.418 e. The summed E-state index contributed by atoms with van der Waals surface area (Å²) in [5.74, 6) is 0. The Morgan fingerprint density at radius 3 is 2.29 bits per heavy atom. The summed E-state index contributed by atoms with van der Waals surface area (Å²) >= 11 is 2.72. The maximum absolute atomic E-state index is 12.4. The second kappa shape index (κ2) is 3.61. The third-order valence-electron chi connectivity index (χ3n) is 1.63. The molecule has 0 atom stereocenters. The Bertz CT molecular complexity index is 376. The second-order valence-corrected chi connectivity index (χ2v) is 3.40. The van der Waals surface area contributed by atoms with Crippen LogP contribution in [0.3, 0.4) is 0 Å². The average molecular weight is 268 g/mol. The minimum Gasteiger partial charge on any atom is -0.398 e. The van der Waals surface area contributed by atoms with Crippen LogP contribution < -0.4 is 5.73 Å². The van der Waals surface area contributed by atoms with E-state index in [1.165, 1.54) is 6.07 Å². The highest BCUT2D eigenvalue weighted by atomic mass is 79.9. The summed E-state index contributed by atoms with van der Waals surface area (Å²) in [6.45, 7) is 0. The molecule has 2 nitrogen and oxygen atoms in total. The van der Waals surface area contributed by atoms with E-state index in [2.05, 4.69) is 15.9 Å². The number of halogens is 4. The van der Waals surface area contributed by atoms with Crippen molar-refractivity contribution >= 4 is 27.9 Å². The summed E-state index contributed by atoms with van der Waals surface area (Å²) in [5.41, 5.74) is 3.49. The van der Waals surface area contributed by atoms with Gasteiger partial charge in [-0.2, -0.15) is 13.2 Å². The molecular formula is C8H5BrF3NO. The number of rotatable bonds is 1. The first-order valence-electron chi connectivity index (χ1n) is 3.48. The number of benzene rings is 1. The number of alkyl halides is 3. The van der Waals surface area contributed by atoms with E-state index < -0.39 is 17.3 Å². The minimum atomic E-state index is -4.59. The SMILES string of the molecule is Nc1ccc(Br)c(C(F)(F)F)c1C=O. The van der Waals surface area contributed by atoms with Crippen LogP contribution in [0.15, 0.2) is 16.6 Å². The van der Waals surface area contributed by atoms with Crippen molar-refractivity contribution in [2.75, 3.05) is 5.73 Å². The molecule has 2 N–H and O–H groups in total. The molecular weight excluding hydrogens is 263 g/mol. The number of nitrogens with two attached hydrogens (primary N) is 1. The number of nitrogen functional groups attached to an aromatic ring is 1. The fraction of sp³-hybridized carbons (Fsp3) is 0.125. The van der Waals surface area contributed by atoms with Gasteiger partial charge in [-0.3, -0.25) is 4.79 Å². The van der Waals surface area contributed by atoms with E-state index in [1.54, 1.807) is 0 Å². The van der Waals surface area contributed by atoms with Crippen molar-refractivity contribution in [1.82, 2.24) is 0 Å². The predicted octanol–water partition coefficient (Wildman–Crippen LogP) is 2.86. The number of carbonyl (C=O) groups is 1. The van der Waals surface area contributed by atoms with E-state index in [1.807, 2.05) is 0 Å². The van der Waals surface area contributed by atoms with Gasteiger partial charge in [0, 0.05) is 10.2 Å². The zero-order valence-electron chi connectivity index (χ0n) is 6.73. The van der Waals surface area contributed by atoms with Gasteiger partial charge in [-0.1, -0.05) is 15.9 Å². The van der Waals surface area contributed by atoms with Gasteiger partial charge in [0.2, 0.25) is 0 Å². The topological polar surface area (TPSA) is 43.1 Å². The Hall–Kier alpha value is -1.04. The zero-order chi connectivity index (χ0) is 10.9. The van der Waals surface area contributed by atoms with Gasteiger partial charge >= 0.3 is 6.18 Å². The van der Waals surface area contributed by atoms with Crippen LogP contribution in [-0.4, -0.2) is 6.29 Å². The molecule has 0 aliphatic rings. The Balaban J connectivity index is 3.53. The Morgan fingerprint density at radius 2 is 1.93 bits per heavy atom. The first-order valence-corrected chi connectivity index (χ1v) is 4.27. The van der Waals surface area contributed by atoms with Crippen molar-refractivity contribution in [1.29, 1.82) is 0 Å². The molecule has 76 valence electrons. The normalized spacial score (nSPS) is 11.4. The van der Waals surface area contributed by atoms with E-state index in [0.717, 1.165) is 6.07 Å².